The highest BCUT2D eigenvalue weighted by atomic mass is 35.5. The molecule has 0 spiro atoms. The van der Waals surface area contributed by atoms with Gasteiger partial charge in [-0.25, -0.2) is 4.98 Å². The molecule has 0 aromatic carbocycles. The van der Waals surface area contributed by atoms with Crippen molar-refractivity contribution >= 4 is 22.8 Å². The number of hydrogen-bond donors (Lipinski definition) is 0. The smallest absolute Gasteiger partial charge is 0.158 e. The van der Waals surface area contributed by atoms with Crippen LogP contribution in [0.2, 0.25) is 0 Å². The Morgan fingerprint density at radius 1 is 1.28 bits per heavy atom. The van der Waals surface area contributed by atoms with Crippen molar-refractivity contribution in [2.24, 2.45) is 7.05 Å². The van der Waals surface area contributed by atoms with Crippen LogP contribution in [0.25, 0.3) is 11.2 Å². The molecule has 0 N–H and O–H groups in total. The SMILES string of the molecule is CCCc1nn(C)c2c1nc(C(C)Cl)n2C(C)C. The molecule has 0 bridgehead atoms. The molecule has 1 unspecified atom stereocenters. The second-order valence-electron chi connectivity index (χ2n) is 5.04. The highest BCUT2D eigenvalue weighted by Gasteiger charge is 2.22. The first kappa shape index (κ1) is 13.4. The third-order valence-electron chi connectivity index (χ3n) is 3.12. The van der Waals surface area contributed by atoms with Crippen LogP contribution in [0.15, 0.2) is 0 Å². The van der Waals surface area contributed by atoms with Gasteiger partial charge in [0, 0.05) is 13.1 Å². The minimum Gasteiger partial charge on any atom is -0.309 e. The molecule has 1 atom stereocenters. The first-order valence-corrected chi connectivity index (χ1v) is 6.98. The van der Waals surface area contributed by atoms with Gasteiger partial charge in [-0.2, -0.15) is 5.10 Å². The van der Waals surface area contributed by atoms with Gasteiger partial charge in [0.25, 0.3) is 0 Å². The number of alkyl halides is 1. The van der Waals surface area contributed by atoms with Gasteiger partial charge in [0.05, 0.1) is 11.1 Å². The molecular weight excluding hydrogens is 248 g/mol. The molecule has 5 heteroatoms. The van der Waals surface area contributed by atoms with Crippen molar-refractivity contribution in [2.75, 3.05) is 0 Å². The van der Waals surface area contributed by atoms with Crippen LogP contribution in [0.1, 0.15) is 57.1 Å². The fourth-order valence-electron chi connectivity index (χ4n) is 2.41. The van der Waals surface area contributed by atoms with E-state index < -0.39 is 0 Å². The van der Waals surface area contributed by atoms with Crippen molar-refractivity contribution < 1.29 is 0 Å². The summed E-state index contributed by atoms with van der Waals surface area (Å²) in [4.78, 5) is 4.72. The molecule has 2 aromatic heterocycles. The van der Waals surface area contributed by atoms with E-state index in [2.05, 4.69) is 30.4 Å². The molecule has 0 aliphatic rings. The van der Waals surface area contributed by atoms with Crippen molar-refractivity contribution in [3.63, 3.8) is 0 Å². The maximum Gasteiger partial charge on any atom is 0.158 e. The molecule has 0 amide bonds. The fourth-order valence-corrected chi connectivity index (χ4v) is 2.57. The molecule has 0 saturated carbocycles. The molecule has 0 fully saturated rings. The van der Waals surface area contributed by atoms with E-state index in [1.165, 1.54) is 0 Å². The van der Waals surface area contributed by atoms with Gasteiger partial charge in [0.2, 0.25) is 0 Å². The van der Waals surface area contributed by atoms with Crippen molar-refractivity contribution in [1.29, 1.82) is 0 Å². The quantitative estimate of drug-likeness (QED) is 0.794. The lowest BCUT2D eigenvalue weighted by atomic mass is 10.2. The summed E-state index contributed by atoms with van der Waals surface area (Å²) in [5.41, 5.74) is 3.17. The molecule has 0 radical (unpaired) electrons. The van der Waals surface area contributed by atoms with Crippen LogP contribution in [0.3, 0.4) is 0 Å². The van der Waals surface area contributed by atoms with Crippen LogP contribution in [0, 0.1) is 0 Å². The zero-order chi connectivity index (χ0) is 13.4. The van der Waals surface area contributed by atoms with Gasteiger partial charge in [0.15, 0.2) is 5.65 Å². The number of rotatable bonds is 4. The Hall–Kier alpha value is -1.03. The normalized spacial score (nSPS) is 13.7. The Kier molecular flexibility index (Phi) is 3.66. The molecular formula is C13H21ClN4. The summed E-state index contributed by atoms with van der Waals surface area (Å²) < 4.78 is 4.12. The Bertz CT molecular complexity index is 551. The first-order valence-electron chi connectivity index (χ1n) is 6.55. The van der Waals surface area contributed by atoms with Crippen molar-refractivity contribution in [2.45, 2.75) is 52.0 Å². The van der Waals surface area contributed by atoms with E-state index in [4.69, 9.17) is 16.6 Å². The average molecular weight is 269 g/mol. The van der Waals surface area contributed by atoms with Gasteiger partial charge in [-0.05, 0) is 27.2 Å². The Morgan fingerprint density at radius 2 is 1.94 bits per heavy atom. The molecule has 0 aliphatic heterocycles. The van der Waals surface area contributed by atoms with Gasteiger partial charge in [-0.15, -0.1) is 11.6 Å². The molecule has 2 heterocycles. The molecule has 2 rings (SSSR count). The Labute approximate surface area is 113 Å². The second-order valence-corrected chi connectivity index (χ2v) is 5.70. The van der Waals surface area contributed by atoms with Crippen LogP contribution in [-0.2, 0) is 13.5 Å². The zero-order valence-corrected chi connectivity index (χ0v) is 12.5. The summed E-state index contributed by atoms with van der Waals surface area (Å²) in [6.45, 7) is 8.42. The topological polar surface area (TPSA) is 35.6 Å². The van der Waals surface area contributed by atoms with Gasteiger partial charge in [0.1, 0.15) is 11.3 Å². The van der Waals surface area contributed by atoms with E-state index in [0.717, 1.165) is 35.5 Å². The van der Waals surface area contributed by atoms with Crippen LogP contribution < -0.4 is 0 Å². The number of nitrogens with zero attached hydrogens (tertiary/aromatic N) is 4. The van der Waals surface area contributed by atoms with Crippen molar-refractivity contribution in [3.8, 4) is 0 Å². The van der Waals surface area contributed by atoms with E-state index in [1.54, 1.807) is 0 Å². The van der Waals surface area contributed by atoms with Gasteiger partial charge < -0.3 is 4.57 Å². The van der Waals surface area contributed by atoms with E-state index in [1.807, 2.05) is 18.7 Å². The molecule has 18 heavy (non-hydrogen) atoms. The highest BCUT2D eigenvalue weighted by Crippen LogP contribution is 2.29. The van der Waals surface area contributed by atoms with Crippen LogP contribution in [0.4, 0.5) is 0 Å². The lowest BCUT2D eigenvalue weighted by Gasteiger charge is -2.14. The fraction of sp³-hybridized carbons (Fsp3) is 0.692. The Morgan fingerprint density at radius 3 is 2.44 bits per heavy atom. The second kappa shape index (κ2) is 4.92. The minimum absolute atomic E-state index is 0.0886. The lowest BCUT2D eigenvalue weighted by molar-refractivity contribution is 0.565. The summed E-state index contributed by atoms with van der Waals surface area (Å²) in [7, 11) is 1.98. The first-order chi connectivity index (χ1) is 8.47. The zero-order valence-electron chi connectivity index (χ0n) is 11.7. The van der Waals surface area contributed by atoms with Gasteiger partial charge in [-0.1, -0.05) is 13.3 Å². The van der Waals surface area contributed by atoms with Gasteiger partial charge >= 0.3 is 0 Å². The number of imidazole rings is 1. The van der Waals surface area contributed by atoms with Crippen molar-refractivity contribution in [3.05, 3.63) is 11.5 Å². The van der Waals surface area contributed by atoms with Crippen LogP contribution in [0.5, 0.6) is 0 Å². The molecule has 0 aliphatic carbocycles. The predicted molar refractivity (Wildman–Crippen MR) is 75.1 cm³/mol. The Balaban J connectivity index is 2.73. The molecule has 0 saturated heterocycles. The lowest BCUT2D eigenvalue weighted by Crippen LogP contribution is -2.10. The standard InChI is InChI=1S/C13H21ClN4/c1-6-7-10-11-13(17(5)16-10)18(8(2)3)12(15-11)9(4)14/h8-9H,6-7H2,1-5H3. The van der Waals surface area contributed by atoms with Crippen LogP contribution >= 0.6 is 11.6 Å². The highest BCUT2D eigenvalue weighted by molar-refractivity contribution is 6.20. The molecule has 2 aromatic rings. The summed E-state index contributed by atoms with van der Waals surface area (Å²) in [5.74, 6) is 0.937. The maximum atomic E-state index is 6.25. The third kappa shape index (κ3) is 2.03. The summed E-state index contributed by atoms with van der Waals surface area (Å²) >= 11 is 6.25. The van der Waals surface area contributed by atoms with E-state index >= 15 is 0 Å². The van der Waals surface area contributed by atoms with E-state index in [0.29, 0.717) is 6.04 Å². The summed E-state index contributed by atoms with van der Waals surface area (Å²) in [5, 5.41) is 4.48. The van der Waals surface area contributed by atoms with E-state index in [9.17, 15) is 0 Å². The number of hydrogen-bond acceptors (Lipinski definition) is 2. The number of aryl methyl sites for hydroxylation is 2. The number of aromatic nitrogens is 4. The van der Waals surface area contributed by atoms with Crippen molar-refractivity contribution in [1.82, 2.24) is 19.3 Å². The maximum absolute atomic E-state index is 6.25. The number of fused-ring (bicyclic) bond motifs is 1. The summed E-state index contributed by atoms with van der Waals surface area (Å²) in [6.07, 6.45) is 2.04. The molecule has 100 valence electrons. The monoisotopic (exact) mass is 268 g/mol. The van der Waals surface area contributed by atoms with Crippen LogP contribution in [-0.4, -0.2) is 19.3 Å². The minimum atomic E-state index is -0.0886. The molecule has 4 nitrogen and oxygen atoms in total. The summed E-state index contributed by atoms with van der Waals surface area (Å²) in [6, 6.07) is 0.330. The third-order valence-corrected chi connectivity index (χ3v) is 3.32. The van der Waals surface area contributed by atoms with E-state index in [-0.39, 0.29) is 5.38 Å². The average Bonchev–Trinajstić information content (AvgIpc) is 2.79. The van der Waals surface area contributed by atoms with Gasteiger partial charge in [-0.3, -0.25) is 4.68 Å². The largest absolute Gasteiger partial charge is 0.309 e. The predicted octanol–water partition coefficient (Wildman–Crippen LogP) is 3.60. The number of halogens is 1.